The molecule has 2 aromatic carbocycles. The Balaban J connectivity index is 2.15. The van der Waals surface area contributed by atoms with Gasteiger partial charge in [0.2, 0.25) is 15.9 Å². The maximum absolute atomic E-state index is 12.5. The molecule has 1 N–H and O–H groups in total. The molecule has 7 heteroatoms. The Kier molecular flexibility index (Phi) is 6.62. The largest absolute Gasteiger partial charge is 0.497 e. The van der Waals surface area contributed by atoms with E-state index in [0.717, 1.165) is 38.5 Å². The molecular formula is C20H26N2O4S. The molecule has 0 saturated carbocycles. The number of sulfonamides is 1. The number of nitrogens with zero attached hydrogens (tertiary/aromatic N) is 1. The number of ether oxygens (including phenoxy) is 1. The van der Waals surface area contributed by atoms with Gasteiger partial charge in [-0.3, -0.25) is 4.79 Å². The summed E-state index contributed by atoms with van der Waals surface area (Å²) >= 11 is 0. The van der Waals surface area contributed by atoms with Gasteiger partial charge in [0.1, 0.15) is 5.75 Å². The van der Waals surface area contributed by atoms with E-state index in [1.165, 1.54) is 0 Å². The number of nitrogens with one attached hydrogen (secondary N) is 1. The molecule has 6 nitrogen and oxygen atoms in total. The Labute approximate surface area is 161 Å². The predicted molar refractivity (Wildman–Crippen MR) is 108 cm³/mol. The Morgan fingerprint density at radius 2 is 1.63 bits per heavy atom. The Morgan fingerprint density at radius 1 is 1.07 bits per heavy atom. The third-order valence-corrected chi connectivity index (χ3v) is 5.44. The third kappa shape index (κ3) is 5.80. The molecule has 0 atom stereocenters. The molecule has 0 unspecified atom stereocenters. The fourth-order valence-corrected chi connectivity index (χ4v) is 3.68. The average molecular weight is 391 g/mol. The van der Waals surface area contributed by atoms with E-state index in [1.807, 2.05) is 32.9 Å². The summed E-state index contributed by atoms with van der Waals surface area (Å²) in [6.45, 7) is 5.69. The van der Waals surface area contributed by atoms with Crippen LogP contribution in [-0.4, -0.2) is 38.5 Å². The third-order valence-electron chi connectivity index (χ3n) is 4.25. The molecule has 0 radical (unpaired) electrons. The standard InChI is InChI=1S/C20H26N2O4S/c1-14-10-15(2)20(16(3)11-14)21-19(23)13-22(27(5,24)25)12-17-6-8-18(26-4)9-7-17/h6-11H,12-13H2,1-5H3,(H,21,23). The van der Waals surface area contributed by atoms with Crippen molar-refractivity contribution in [3.8, 4) is 5.75 Å². The molecule has 2 rings (SSSR count). The highest BCUT2D eigenvalue weighted by Gasteiger charge is 2.21. The number of carbonyl (C=O) groups excluding carboxylic acids is 1. The van der Waals surface area contributed by atoms with E-state index in [9.17, 15) is 13.2 Å². The van der Waals surface area contributed by atoms with Gasteiger partial charge >= 0.3 is 0 Å². The fourth-order valence-electron chi connectivity index (χ4n) is 2.94. The molecule has 146 valence electrons. The lowest BCUT2D eigenvalue weighted by molar-refractivity contribution is -0.116. The van der Waals surface area contributed by atoms with E-state index in [4.69, 9.17) is 4.74 Å². The minimum atomic E-state index is -3.55. The lowest BCUT2D eigenvalue weighted by Crippen LogP contribution is -2.37. The molecular weight excluding hydrogens is 364 g/mol. The van der Waals surface area contributed by atoms with Crippen molar-refractivity contribution >= 4 is 21.6 Å². The predicted octanol–water partition coefficient (Wildman–Crippen LogP) is 3.02. The van der Waals surface area contributed by atoms with Crippen LogP contribution in [0.3, 0.4) is 0 Å². The second-order valence-electron chi connectivity index (χ2n) is 6.70. The number of hydrogen-bond donors (Lipinski definition) is 1. The van der Waals surface area contributed by atoms with Gasteiger partial charge in [-0.2, -0.15) is 4.31 Å². The van der Waals surface area contributed by atoms with Crippen LogP contribution in [0.15, 0.2) is 36.4 Å². The molecule has 0 bridgehead atoms. The van der Waals surface area contributed by atoms with Crippen molar-refractivity contribution in [1.29, 1.82) is 0 Å². The van der Waals surface area contributed by atoms with Crippen molar-refractivity contribution in [2.75, 3.05) is 25.2 Å². The monoisotopic (exact) mass is 390 g/mol. The summed E-state index contributed by atoms with van der Waals surface area (Å²) < 4.78 is 30.6. The van der Waals surface area contributed by atoms with E-state index in [0.29, 0.717) is 5.75 Å². The van der Waals surface area contributed by atoms with E-state index < -0.39 is 10.0 Å². The zero-order valence-electron chi connectivity index (χ0n) is 16.4. The van der Waals surface area contributed by atoms with Gasteiger partial charge < -0.3 is 10.1 Å². The summed E-state index contributed by atoms with van der Waals surface area (Å²) in [4.78, 5) is 12.5. The second kappa shape index (κ2) is 8.54. The number of amides is 1. The van der Waals surface area contributed by atoms with Gasteiger partial charge in [0.05, 0.1) is 19.9 Å². The number of carbonyl (C=O) groups is 1. The fraction of sp³-hybridized carbons (Fsp3) is 0.350. The van der Waals surface area contributed by atoms with Crippen molar-refractivity contribution in [2.45, 2.75) is 27.3 Å². The molecule has 0 aromatic heterocycles. The van der Waals surface area contributed by atoms with E-state index in [1.54, 1.807) is 31.4 Å². The molecule has 0 heterocycles. The van der Waals surface area contributed by atoms with Gasteiger partial charge in [-0.15, -0.1) is 0 Å². The van der Waals surface area contributed by atoms with Crippen LogP contribution in [0.25, 0.3) is 0 Å². The molecule has 0 aliphatic heterocycles. The van der Waals surface area contributed by atoms with E-state index in [2.05, 4.69) is 5.32 Å². The molecule has 0 fully saturated rings. The first-order chi connectivity index (χ1) is 12.6. The van der Waals surface area contributed by atoms with Gasteiger partial charge in [0.25, 0.3) is 0 Å². The van der Waals surface area contributed by atoms with Crippen LogP contribution >= 0.6 is 0 Å². The highest BCUT2D eigenvalue weighted by atomic mass is 32.2. The smallest absolute Gasteiger partial charge is 0.239 e. The molecule has 0 aliphatic rings. The van der Waals surface area contributed by atoms with Crippen molar-refractivity contribution in [2.24, 2.45) is 0 Å². The van der Waals surface area contributed by atoms with Crippen LogP contribution in [0.2, 0.25) is 0 Å². The summed E-state index contributed by atoms with van der Waals surface area (Å²) in [5.74, 6) is 0.316. The maximum atomic E-state index is 12.5. The van der Waals surface area contributed by atoms with Crippen LogP contribution in [0.5, 0.6) is 5.75 Å². The zero-order valence-corrected chi connectivity index (χ0v) is 17.2. The number of hydrogen-bond acceptors (Lipinski definition) is 4. The van der Waals surface area contributed by atoms with Gasteiger partial charge in [-0.05, 0) is 49.6 Å². The number of aryl methyl sites for hydroxylation is 3. The van der Waals surface area contributed by atoms with Crippen molar-refractivity contribution in [3.05, 3.63) is 58.7 Å². The highest BCUT2D eigenvalue weighted by molar-refractivity contribution is 7.88. The first-order valence-electron chi connectivity index (χ1n) is 8.56. The Bertz CT molecular complexity index is 898. The second-order valence-corrected chi connectivity index (χ2v) is 8.68. The Morgan fingerprint density at radius 3 is 2.11 bits per heavy atom. The van der Waals surface area contributed by atoms with Crippen molar-refractivity contribution in [1.82, 2.24) is 4.31 Å². The van der Waals surface area contributed by atoms with Gasteiger partial charge in [-0.25, -0.2) is 8.42 Å². The van der Waals surface area contributed by atoms with Gasteiger partial charge in [-0.1, -0.05) is 29.8 Å². The number of anilines is 1. The number of benzene rings is 2. The molecule has 2 aromatic rings. The van der Waals surface area contributed by atoms with Crippen LogP contribution in [0.1, 0.15) is 22.3 Å². The topological polar surface area (TPSA) is 75.7 Å². The lowest BCUT2D eigenvalue weighted by Gasteiger charge is -2.20. The van der Waals surface area contributed by atoms with Gasteiger partial charge in [0.15, 0.2) is 0 Å². The quantitative estimate of drug-likeness (QED) is 0.788. The van der Waals surface area contributed by atoms with Crippen LogP contribution in [0.4, 0.5) is 5.69 Å². The summed E-state index contributed by atoms with van der Waals surface area (Å²) in [5.41, 5.74) is 4.50. The van der Waals surface area contributed by atoms with E-state index in [-0.39, 0.29) is 19.0 Å². The summed E-state index contributed by atoms with van der Waals surface area (Å²) in [6, 6.07) is 11.0. The summed E-state index contributed by atoms with van der Waals surface area (Å²) in [7, 11) is -1.99. The van der Waals surface area contributed by atoms with Crippen molar-refractivity contribution < 1.29 is 17.9 Å². The van der Waals surface area contributed by atoms with Crippen molar-refractivity contribution in [3.63, 3.8) is 0 Å². The highest BCUT2D eigenvalue weighted by Crippen LogP contribution is 2.22. The molecule has 0 aliphatic carbocycles. The molecule has 1 amide bonds. The maximum Gasteiger partial charge on any atom is 0.239 e. The SMILES string of the molecule is COc1ccc(CN(CC(=O)Nc2c(C)cc(C)cc2C)S(C)(=O)=O)cc1. The Hall–Kier alpha value is -2.38. The summed E-state index contributed by atoms with van der Waals surface area (Å²) in [6.07, 6.45) is 1.10. The lowest BCUT2D eigenvalue weighted by atomic mass is 10.1. The molecule has 27 heavy (non-hydrogen) atoms. The minimum absolute atomic E-state index is 0.113. The minimum Gasteiger partial charge on any atom is -0.497 e. The van der Waals surface area contributed by atoms with Crippen LogP contribution < -0.4 is 10.1 Å². The van der Waals surface area contributed by atoms with Gasteiger partial charge in [0, 0.05) is 12.2 Å². The van der Waals surface area contributed by atoms with E-state index >= 15 is 0 Å². The number of methoxy groups -OCH3 is 1. The van der Waals surface area contributed by atoms with Crippen LogP contribution in [-0.2, 0) is 21.4 Å². The number of rotatable bonds is 7. The zero-order chi connectivity index (χ0) is 20.2. The summed E-state index contributed by atoms with van der Waals surface area (Å²) in [5, 5.41) is 2.85. The molecule has 0 spiro atoms. The molecule has 0 saturated heterocycles. The average Bonchev–Trinajstić information content (AvgIpc) is 2.57. The normalized spacial score (nSPS) is 11.5. The first kappa shape index (κ1) is 20.9. The first-order valence-corrected chi connectivity index (χ1v) is 10.4. The van der Waals surface area contributed by atoms with Crippen LogP contribution in [0, 0.1) is 20.8 Å².